The first-order chi connectivity index (χ1) is 29.2. The second kappa shape index (κ2) is 13.5. The van der Waals surface area contributed by atoms with Crippen LogP contribution in [0.15, 0.2) is 93.6 Å². The minimum atomic E-state index is -1.09. The number of benzene rings is 2. The van der Waals surface area contributed by atoms with Gasteiger partial charge in [-0.25, -0.2) is 9.59 Å². The number of carbonyl (C=O) groups excluding carboxylic acids is 6. The standard InChI is InChI=1S/C42H42N8O11/c1-17-29(35(53)27-23(15-59-39(43)55)41(57-3)37-25(47-37)13-49(41)31(27)33(17)51)45-19-5-9-21(10-6-19)61-22-11-7-20(8-12-22)46-30-18(2)34(52)32-28(36(30)54)24(16-60-40(44)56)42(58-4)38-26(48-38)14-50(32)42/h5-12,23-26,37-38,45-48H,13-16H2,1-4H3,(H2,43,55)(H2,44,56)/t23-,24-,25+,26+,37+,38+,41-,42-/m1/s1. The molecule has 4 saturated heterocycles. The molecule has 316 valence electrons. The third-order valence-electron chi connectivity index (χ3n) is 13.3. The molecule has 2 amide bonds. The highest BCUT2D eigenvalue weighted by Crippen LogP contribution is 2.57. The van der Waals surface area contributed by atoms with Crippen molar-refractivity contribution in [3.63, 3.8) is 0 Å². The molecule has 0 bridgehead atoms. The van der Waals surface area contributed by atoms with Crippen LogP contribution in [0.5, 0.6) is 11.5 Å². The van der Waals surface area contributed by atoms with Crippen LogP contribution in [0, 0.1) is 11.8 Å². The highest BCUT2D eigenvalue weighted by Gasteiger charge is 2.74. The van der Waals surface area contributed by atoms with Gasteiger partial charge in [0.15, 0.2) is 11.4 Å². The fourth-order valence-corrected chi connectivity index (χ4v) is 10.5. The number of Topliss-reactive ketones (excluding diaryl/α,β-unsaturated/α-hetero) is 4. The van der Waals surface area contributed by atoms with E-state index in [-0.39, 0.29) is 94.0 Å². The quantitative estimate of drug-likeness (QED) is 0.129. The molecule has 8 N–H and O–H groups in total. The fraction of sp³-hybridized carbons (Fsp3) is 0.381. The maximum absolute atomic E-state index is 14.2. The number of rotatable bonds is 12. The van der Waals surface area contributed by atoms with Crippen molar-refractivity contribution in [2.45, 2.75) is 49.5 Å². The summed E-state index contributed by atoms with van der Waals surface area (Å²) in [6, 6.07) is 13.4. The van der Waals surface area contributed by atoms with Crippen molar-refractivity contribution < 1.29 is 52.5 Å². The summed E-state index contributed by atoms with van der Waals surface area (Å²) in [4.78, 5) is 83.3. The molecule has 2 aliphatic carbocycles. The molecular formula is C42H42N8O11. The second-order valence-electron chi connectivity index (χ2n) is 16.2. The largest absolute Gasteiger partial charge is 0.457 e. The summed E-state index contributed by atoms with van der Waals surface area (Å²) < 4.78 is 28.6. The van der Waals surface area contributed by atoms with Gasteiger partial charge in [-0.1, -0.05) is 0 Å². The molecule has 0 saturated carbocycles. The molecule has 6 heterocycles. The maximum Gasteiger partial charge on any atom is 0.404 e. The van der Waals surface area contributed by atoms with E-state index in [9.17, 15) is 28.8 Å². The van der Waals surface area contributed by atoms with Crippen molar-refractivity contribution >= 4 is 46.7 Å². The summed E-state index contributed by atoms with van der Waals surface area (Å²) in [6.45, 7) is 3.63. The van der Waals surface area contributed by atoms with Gasteiger partial charge in [-0.3, -0.25) is 19.2 Å². The zero-order chi connectivity index (χ0) is 42.9. The Kier molecular flexibility index (Phi) is 8.54. The highest BCUT2D eigenvalue weighted by molar-refractivity contribution is 6.27. The minimum absolute atomic E-state index is 0.0745. The zero-order valence-corrected chi connectivity index (χ0v) is 33.5. The smallest absolute Gasteiger partial charge is 0.404 e. The number of ketones is 4. The second-order valence-corrected chi connectivity index (χ2v) is 16.2. The topological polar surface area (TPSA) is 275 Å². The first-order valence-corrected chi connectivity index (χ1v) is 19.8. The van der Waals surface area contributed by atoms with Gasteiger partial charge in [0.2, 0.25) is 23.1 Å². The van der Waals surface area contributed by atoms with E-state index >= 15 is 0 Å². The van der Waals surface area contributed by atoms with Crippen LogP contribution in [-0.2, 0) is 38.1 Å². The number of methoxy groups -OCH3 is 2. The van der Waals surface area contributed by atoms with Gasteiger partial charge in [0.25, 0.3) is 0 Å². The van der Waals surface area contributed by atoms with Gasteiger partial charge in [-0.15, -0.1) is 0 Å². The number of nitrogens with zero attached hydrogens (tertiary/aromatic N) is 2. The summed E-state index contributed by atoms with van der Waals surface area (Å²) in [5.74, 6) is -2.04. The Morgan fingerprint density at radius 3 is 1.38 bits per heavy atom. The van der Waals surface area contributed by atoms with Crippen LogP contribution in [0.1, 0.15) is 13.8 Å². The summed E-state index contributed by atoms with van der Waals surface area (Å²) >= 11 is 0. The van der Waals surface area contributed by atoms with Gasteiger partial charge in [0, 0.05) is 73.1 Å². The number of ether oxygens (including phenoxy) is 5. The lowest BCUT2D eigenvalue weighted by Gasteiger charge is -2.39. The highest BCUT2D eigenvalue weighted by atomic mass is 16.6. The van der Waals surface area contributed by atoms with Crippen molar-refractivity contribution in [3.05, 3.63) is 93.6 Å². The summed E-state index contributed by atoms with van der Waals surface area (Å²) in [7, 11) is 3.03. The monoisotopic (exact) mass is 834 g/mol. The number of amides is 2. The minimum Gasteiger partial charge on any atom is -0.457 e. The first kappa shape index (κ1) is 38.6. The molecular weight excluding hydrogens is 793 g/mol. The van der Waals surface area contributed by atoms with E-state index in [1.807, 2.05) is 9.80 Å². The van der Waals surface area contributed by atoms with Crippen molar-refractivity contribution in [1.29, 1.82) is 0 Å². The molecule has 2 aromatic carbocycles. The molecule has 19 heteroatoms. The van der Waals surface area contributed by atoms with Crippen LogP contribution in [0.25, 0.3) is 0 Å². The lowest BCUT2D eigenvalue weighted by atomic mass is 9.82. The van der Waals surface area contributed by atoms with Gasteiger partial charge in [0.05, 0.1) is 46.7 Å². The molecule has 2 aromatic rings. The van der Waals surface area contributed by atoms with E-state index in [0.29, 0.717) is 36.0 Å². The summed E-state index contributed by atoms with van der Waals surface area (Å²) in [5.41, 5.74) is 11.1. The maximum atomic E-state index is 14.2. The lowest BCUT2D eigenvalue weighted by Crippen LogP contribution is -2.55. The van der Waals surface area contributed by atoms with Gasteiger partial charge >= 0.3 is 12.2 Å². The van der Waals surface area contributed by atoms with Gasteiger partial charge in [-0.05, 0) is 62.4 Å². The number of allylic oxidation sites excluding steroid dienone is 4. The van der Waals surface area contributed by atoms with E-state index in [4.69, 9.17) is 35.2 Å². The predicted octanol–water partition coefficient (Wildman–Crippen LogP) is 1.11. The normalized spacial score (nSPS) is 31.5. The Morgan fingerprint density at radius 2 is 1.03 bits per heavy atom. The molecule has 4 fully saturated rings. The van der Waals surface area contributed by atoms with Crippen LogP contribution in [0.3, 0.4) is 0 Å². The lowest BCUT2D eigenvalue weighted by molar-refractivity contribution is -0.137. The molecule has 0 unspecified atom stereocenters. The Bertz CT molecular complexity index is 2340. The Labute approximate surface area is 348 Å². The number of anilines is 2. The molecule has 6 aliphatic heterocycles. The van der Waals surface area contributed by atoms with Gasteiger partial charge in [-0.2, -0.15) is 0 Å². The van der Waals surface area contributed by atoms with E-state index < -0.39 is 47.0 Å². The number of piperazine rings is 2. The number of hydrogen-bond acceptors (Lipinski definition) is 17. The number of nitrogens with two attached hydrogens (primary N) is 2. The van der Waals surface area contributed by atoms with Crippen molar-refractivity contribution in [2.75, 3.05) is 51.2 Å². The third-order valence-corrected chi connectivity index (χ3v) is 13.3. The zero-order valence-electron chi connectivity index (χ0n) is 33.5. The molecule has 8 aliphatic rings. The molecule has 0 aromatic heterocycles. The summed E-state index contributed by atoms with van der Waals surface area (Å²) in [5, 5.41) is 12.9. The Balaban J connectivity index is 0.824. The van der Waals surface area contributed by atoms with E-state index in [2.05, 4.69) is 21.3 Å². The average Bonchev–Trinajstić information content (AvgIpc) is 4.08. The van der Waals surface area contributed by atoms with Crippen molar-refractivity contribution in [2.24, 2.45) is 23.3 Å². The molecule has 0 radical (unpaired) electrons. The first-order valence-electron chi connectivity index (χ1n) is 19.8. The number of primary amides is 2. The van der Waals surface area contributed by atoms with E-state index in [0.717, 1.165) is 0 Å². The van der Waals surface area contributed by atoms with Gasteiger partial charge in [0.1, 0.15) is 24.7 Å². The molecule has 0 spiro atoms. The molecule has 19 nitrogen and oxygen atoms in total. The van der Waals surface area contributed by atoms with Crippen molar-refractivity contribution in [3.8, 4) is 11.5 Å². The van der Waals surface area contributed by atoms with Crippen molar-refractivity contribution in [1.82, 2.24) is 20.4 Å². The Morgan fingerprint density at radius 1 is 0.656 bits per heavy atom. The van der Waals surface area contributed by atoms with Crippen LogP contribution in [0.4, 0.5) is 21.0 Å². The van der Waals surface area contributed by atoms with Crippen LogP contribution < -0.4 is 37.5 Å². The van der Waals surface area contributed by atoms with Crippen LogP contribution in [-0.4, -0.2) is 121 Å². The number of hydrogen-bond donors (Lipinski definition) is 6. The third kappa shape index (κ3) is 5.43. The predicted molar refractivity (Wildman–Crippen MR) is 212 cm³/mol. The SMILES string of the molecule is CO[C@@]12[C@H](COC(N)=O)C3=C(C(=O)C(C)=C(Nc4ccc(Oc5ccc(NC6=C(C)C(=O)C7=C(C6=O)[C@@H](COC(N)=O)[C@@]6(OC)[C@H]8N[C@H]8CN76)cc5)cc4)C3=O)N1C[C@@H]1N[C@@H]12. The van der Waals surface area contributed by atoms with Crippen LogP contribution in [0.2, 0.25) is 0 Å². The average molecular weight is 835 g/mol. The number of carbonyl (C=O) groups is 6. The summed E-state index contributed by atoms with van der Waals surface area (Å²) in [6.07, 6.45) is -2.00. The number of nitrogens with one attached hydrogen (secondary N) is 4. The molecule has 8 atom stereocenters. The van der Waals surface area contributed by atoms with E-state index in [1.54, 1.807) is 62.4 Å². The molecule has 61 heavy (non-hydrogen) atoms. The number of fused-ring (bicyclic) bond motifs is 8. The Hall–Kier alpha value is -6.54. The fourth-order valence-electron chi connectivity index (χ4n) is 10.5. The van der Waals surface area contributed by atoms with Crippen LogP contribution >= 0.6 is 0 Å². The van der Waals surface area contributed by atoms with Gasteiger partial charge < -0.3 is 66.2 Å². The molecule has 10 rings (SSSR count). The van der Waals surface area contributed by atoms with E-state index in [1.165, 1.54) is 14.2 Å².